The lowest BCUT2D eigenvalue weighted by Crippen LogP contribution is -2.49. The molecule has 36 heavy (non-hydrogen) atoms. The fourth-order valence-electron chi connectivity index (χ4n) is 3.39. The van der Waals surface area contributed by atoms with Crippen LogP contribution < -0.4 is 10.6 Å². The molecule has 2 heterocycles. The van der Waals surface area contributed by atoms with Crippen LogP contribution in [0, 0.1) is 6.92 Å². The number of pyridine rings is 1. The monoisotopic (exact) mass is 503 g/mol. The van der Waals surface area contributed by atoms with Crippen molar-refractivity contribution in [2.24, 2.45) is 0 Å². The lowest BCUT2D eigenvalue weighted by Gasteiger charge is -2.18. The summed E-state index contributed by atoms with van der Waals surface area (Å²) in [7, 11) is 0. The first-order valence-electron chi connectivity index (χ1n) is 11.3. The van der Waals surface area contributed by atoms with Crippen molar-refractivity contribution < 1.29 is 23.9 Å². The highest BCUT2D eigenvalue weighted by atomic mass is 32.1. The number of carbonyl (C=O) groups is 3. The number of hydrogen-bond acceptors (Lipinski definition) is 7. The van der Waals surface area contributed by atoms with Crippen LogP contribution in [0.25, 0.3) is 10.2 Å². The van der Waals surface area contributed by atoms with E-state index in [1.807, 2.05) is 73.7 Å². The van der Waals surface area contributed by atoms with E-state index >= 15 is 0 Å². The Morgan fingerprint density at radius 3 is 2.19 bits per heavy atom. The lowest BCUT2D eigenvalue weighted by molar-refractivity contribution is -0.147. The van der Waals surface area contributed by atoms with Crippen LogP contribution in [0.5, 0.6) is 0 Å². The maximum Gasteiger partial charge on any atom is 0.408 e. The number of thiophene rings is 1. The summed E-state index contributed by atoms with van der Waals surface area (Å²) in [6.45, 7) is 1.85. The van der Waals surface area contributed by atoms with Gasteiger partial charge in [-0.1, -0.05) is 60.7 Å². The Labute approximate surface area is 212 Å². The van der Waals surface area contributed by atoms with Crippen LogP contribution >= 0.6 is 11.3 Å². The van der Waals surface area contributed by atoms with Gasteiger partial charge in [-0.2, -0.15) is 0 Å². The van der Waals surface area contributed by atoms with Gasteiger partial charge in [-0.15, -0.1) is 11.3 Å². The number of amides is 2. The summed E-state index contributed by atoms with van der Waals surface area (Å²) in [5.74, 6) is -1.07. The topological polar surface area (TPSA) is 107 Å². The van der Waals surface area contributed by atoms with E-state index in [2.05, 4.69) is 15.6 Å². The molecule has 0 aliphatic rings. The molecule has 4 aromatic rings. The second-order valence-corrected chi connectivity index (χ2v) is 9.07. The number of ether oxygens (including phenoxy) is 2. The first-order chi connectivity index (χ1) is 17.5. The molecule has 1 unspecified atom stereocenters. The Hall–Kier alpha value is -4.24. The van der Waals surface area contributed by atoms with Crippen LogP contribution in [0.3, 0.4) is 0 Å². The zero-order valence-electron chi connectivity index (χ0n) is 19.6. The number of aromatic nitrogens is 1. The van der Waals surface area contributed by atoms with Crippen molar-refractivity contribution in [1.29, 1.82) is 0 Å². The largest absolute Gasteiger partial charge is 0.459 e. The Morgan fingerprint density at radius 1 is 0.917 bits per heavy atom. The number of fused-ring (bicyclic) bond motifs is 1. The van der Waals surface area contributed by atoms with Gasteiger partial charge in [0.25, 0.3) is 5.91 Å². The molecule has 2 amide bonds. The number of carbonyl (C=O) groups excluding carboxylic acids is 3. The van der Waals surface area contributed by atoms with Gasteiger partial charge in [0.05, 0.1) is 15.1 Å². The first kappa shape index (κ1) is 24.9. The van der Waals surface area contributed by atoms with Crippen molar-refractivity contribution in [2.75, 3.05) is 6.54 Å². The first-order valence-corrected chi connectivity index (χ1v) is 12.1. The number of alkyl carbamates (subject to hydrolysis) is 1. The van der Waals surface area contributed by atoms with Crippen molar-refractivity contribution in [3.8, 4) is 0 Å². The third-order valence-electron chi connectivity index (χ3n) is 5.31. The molecule has 0 fully saturated rings. The lowest BCUT2D eigenvalue weighted by atomic mass is 10.2. The molecule has 8 nitrogen and oxygen atoms in total. The molecule has 0 radical (unpaired) electrons. The van der Waals surface area contributed by atoms with Crippen molar-refractivity contribution in [1.82, 2.24) is 15.6 Å². The van der Waals surface area contributed by atoms with Crippen molar-refractivity contribution in [3.05, 3.63) is 101 Å². The molecule has 2 aromatic carbocycles. The van der Waals surface area contributed by atoms with Gasteiger partial charge in [0.2, 0.25) is 0 Å². The molecule has 0 saturated heterocycles. The minimum atomic E-state index is -1.14. The van der Waals surface area contributed by atoms with Crippen LogP contribution in [-0.2, 0) is 27.5 Å². The van der Waals surface area contributed by atoms with Crippen LogP contribution in [0.4, 0.5) is 4.79 Å². The van der Waals surface area contributed by atoms with E-state index in [0.717, 1.165) is 26.9 Å². The standard InChI is InChI=1S/C27H25N3O5S/c1-18-12-13-28-21-14-23(36-24(18)21)25(31)29-15-22(26(32)34-16-19-8-4-2-5-9-19)30-27(33)35-17-20-10-6-3-7-11-20/h2-14,22H,15-17H2,1H3,(H,29,31)(H,30,33). The maximum atomic E-state index is 12.8. The highest BCUT2D eigenvalue weighted by Gasteiger charge is 2.25. The summed E-state index contributed by atoms with van der Waals surface area (Å²) in [5, 5.41) is 5.22. The molecular weight excluding hydrogens is 478 g/mol. The summed E-state index contributed by atoms with van der Waals surface area (Å²) in [5.41, 5.74) is 3.35. The van der Waals surface area contributed by atoms with Crippen molar-refractivity contribution >= 4 is 39.5 Å². The fraction of sp³-hybridized carbons (Fsp3) is 0.185. The number of nitrogens with zero attached hydrogens (tertiary/aromatic N) is 1. The summed E-state index contributed by atoms with van der Waals surface area (Å²) in [6.07, 6.45) is 0.895. The summed E-state index contributed by atoms with van der Waals surface area (Å²) in [6, 6.07) is 20.8. The third-order valence-corrected chi connectivity index (χ3v) is 6.57. The minimum Gasteiger partial charge on any atom is -0.459 e. The van der Waals surface area contributed by atoms with E-state index in [-0.39, 0.29) is 25.7 Å². The van der Waals surface area contributed by atoms with Crippen LogP contribution in [0.15, 0.2) is 79.0 Å². The van der Waals surface area contributed by atoms with Crippen molar-refractivity contribution in [3.63, 3.8) is 0 Å². The van der Waals surface area contributed by atoms with Crippen LogP contribution in [-0.4, -0.2) is 35.5 Å². The molecular formula is C27H25N3O5S. The van der Waals surface area contributed by atoms with Gasteiger partial charge in [-0.25, -0.2) is 9.59 Å². The quantitative estimate of drug-likeness (QED) is 0.329. The van der Waals surface area contributed by atoms with E-state index in [1.165, 1.54) is 11.3 Å². The third kappa shape index (κ3) is 6.67. The average molecular weight is 504 g/mol. The predicted octanol–water partition coefficient (Wildman–Crippen LogP) is 4.37. The molecule has 1 atom stereocenters. The number of nitrogens with one attached hydrogen (secondary N) is 2. The SMILES string of the molecule is Cc1ccnc2cc(C(=O)NCC(NC(=O)OCc3ccccc3)C(=O)OCc3ccccc3)sc12. The highest BCUT2D eigenvalue weighted by molar-refractivity contribution is 7.21. The molecule has 0 aliphatic heterocycles. The normalized spacial score (nSPS) is 11.5. The Balaban J connectivity index is 1.40. The maximum absolute atomic E-state index is 12.8. The number of esters is 1. The molecule has 0 spiro atoms. The molecule has 0 aliphatic carbocycles. The Kier molecular flexibility index (Phi) is 8.25. The second-order valence-electron chi connectivity index (χ2n) is 8.01. The van der Waals surface area contributed by atoms with Gasteiger partial charge in [-0.3, -0.25) is 9.78 Å². The molecule has 4 rings (SSSR count). The molecule has 9 heteroatoms. The van der Waals surface area contributed by atoms with Gasteiger partial charge in [0.1, 0.15) is 19.3 Å². The predicted molar refractivity (Wildman–Crippen MR) is 136 cm³/mol. The van der Waals surface area contributed by atoms with E-state index in [9.17, 15) is 14.4 Å². The summed E-state index contributed by atoms with van der Waals surface area (Å²) >= 11 is 1.32. The Morgan fingerprint density at radius 2 is 1.56 bits per heavy atom. The van der Waals surface area contributed by atoms with Crippen LogP contribution in [0.1, 0.15) is 26.4 Å². The van der Waals surface area contributed by atoms with Gasteiger partial charge in [0, 0.05) is 12.7 Å². The number of hydrogen-bond donors (Lipinski definition) is 2. The minimum absolute atomic E-state index is 0.0339. The highest BCUT2D eigenvalue weighted by Crippen LogP contribution is 2.26. The molecule has 0 bridgehead atoms. The Bertz CT molecular complexity index is 1340. The van der Waals surface area contributed by atoms with Crippen molar-refractivity contribution in [2.45, 2.75) is 26.2 Å². The zero-order chi connectivity index (χ0) is 25.3. The average Bonchev–Trinajstić information content (AvgIpc) is 3.35. The summed E-state index contributed by atoms with van der Waals surface area (Å²) < 4.78 is 11.5. The second kappa shape index (κ2) is 11.9. The molecule has 0 saturated carbocycles. The van der Waals surface area contributed by atoms with E-state index in [0.29, 0.717) is 4.88 Å². The van der Waals surface area contributed by atoms with E-state index in [1.54, 1.807) is 12.3 Å². The van der Waals surface area contributed by atoms with Gasteiger partial charge in [-0.05, 0) is 35.7 Å². The van der Waals surface area contributed by atoms with E-state index in [4.69, 9.17) is 9.47 Å². The van der Waals surface area contributed by atoms with E-state index < -0.39 is 18.1 Å². The van der Waals surface area contributed by atoms with Crippen LogP contribution in [0.2, 0.25) is 0 Å². The van der Waals surface area contributed by atoms with Gasteiger partial charge in [0.15, 0.2) is 0 Å². The number of benzene rings is 2. The smallest absolute Gasteiger partial charge is 0.408 e. The zero-order valence-corrected chi connectivity index (χ0v) is 20.4. The molecule has 184 valence electrons. The number of aryl methyl sites for hydroxylation is 1. The molecule has 2 N–H and O–H groups in total. The van der Waals surface area contributed by atoms with Gasteiger partial charge >= 0.3 is 12.1 Å². The molecule has 2 aromatic heterocycles. The fourth-order valence-corrected chi connectivity index (χ4v) is 4.39. The summed E-state index contributed by atoms with van der Waals surface area (Å²) in [4.78, 5) is 42.8. The number of rotatable bonds is 9. The van der Waals surface area contributed by atoms with Gasteiger partial charge < -0.3 is 20.1 Å².